The van der Waals surface area contributed by atoms with Gasteiger partial charge in [0.15, 0.2) is 0 Å². The highest BCUT2D eigenvalue weighted by Crippen LogP contribution is 1.93. The standard InChI is InChI=1S/C9H13N3/c10-9(11)7-12-6-8-4-2-1-3-5-8/h1-6,9H,7,10-11H2. The molecule has 0 aliphatic carbocycles. The smallest absolute Gasteiger partial charge is 0.0722 e. The first kappa shape index (κ1) is 8.90. The quantitative estimate of drug-likeness (QED) is 0.499. The summed E-state index contributed by atoms with van der Waals surface area (Å²) >= 11 is 0. The van der Waals surface area contributed by atoms with Gasteiger partial charge < -0.3 is 11.5 Å². The summed E-state index contributed by atoms with van der Waals surface area (Å²) in [6, 6.07) is 9.84. The van der Waals surface area contributed by atoms with Crippen molar-refractivity contribution < 1.29 is 0 Å². The molecule has 3 nitrogen and oxygen atoms in total. The van der Waals surface area contributed by atoms with Crippen molar-refractivity contribution in [3.05, 3.63) is 35.9 Å². The van der Waals surface area contributed by atoms with E-state index in [9.17, 15) is 0 Å². The molecule has 0 saturated carbocycles. The highest BCUT2D eigenvalue weighted by atomic mass is 14.9. The SMILES string of the molecule is NC(N)CN=Cc1ccccc1. The minimum Gasteiger partial charge on any atom is -0.315 e. The summed E-state index contributed by atoms with van der Waals surface area (Å²) in [6.07, 6.45) is 1.41. The summed E-state index contributed by atoms with van der Waals surface area (Å²) in [5.74, 6) is 0. The molecule has 0 spiro atoms. The Kier molecular flexibility index (Phi) is 3.44. The minimum absolute atomic E-state index is 0.357. The van der Waals surface area contributed by atoms with E-state index in [1.807, 2.05) is 30.3 Å². The summed E-state index contributed by atoms with van der Waals surface area (Å²) in [5, 5.41) is 0. The predicted octanol–water partition coefficient (Wildman–Crippen LogP) is 0.349. The van der Waals surface area contributed by atoms with Crippen LogP contribution in [0.3, 0.4) is 0 Å². The maximum Gasteiger partial charge on any atom is 0.0722 e. The van der Waals surface area contributed by atoms with Gasteiger partial charge >= 0.3 is 0 Å². The van der Waals surface area contributed by atoms with E-state index in [0.717, 1.165) is 5.56 Å². The fourth-order valence-electron chi connectivity index (χ4n) is 0.819. The molecule has 1 aromatic rings. The Morgan fingerprint density at radius 1 is 1.25 bits per heavy atom. The van der Waals surface area contributed by atoms with Gasteiger partial charge in [-0.25, -0.2) is 0 Å². The molecule has 0 fully saturated rings. The van der Waals surface area contributed by atoms with Crippen molar-refractivity contribution in [3.63, 3.8) is 0 Å². The number of nitrogens with zero attached hydrogens (tertiary/aromatic N) is 1. The van der Waals surface area contributed by atoms with Crippen molar-refractivity contribution in [2.75, 3.05) is 6.54 Å². The van der Waals surface area contributed by atoms with E-state index in [4.69, 9.17) is 11.5 Å². The molecule has 12 heavy (non-hydrogen) atoms. The fraction of sp³-hybridized carbons (Fsp3) is 0.222. The maximum atomic E-state index is 5.32. The van der Waals surface area contributed by atoms with E-state index >= 15 is 0 Å². The van der Waals surface area contributed by atoms with E-state index in [1.54, 1.807) is 6.21 Å². The first-order valence-corrected chi connectivity index (χ1v) is 3.85. The third-order valence-electron chi connectivity index (χ3n) is 1.36. The largest absolute Gasteiger partial charge is 0.315 e. The number of nitrogens with two attached hydrogens (primary N) is 2. The first-order valence-electron chi connectivity index (χ1n) is 3.85. The molecule has 0 saturated heterocycles. The van der Waals surface area contributed by atoms with Crippen LogP contribution in [0.4, 0.5) is 0 Å². The van der Waals surface area contributed by atoms with Crippen molar-refractivity contribution in [2.45, 2.75) is 6.17 Å². The summed E-state index contributed by atoms with van der Waals surface area (Å²) in [4.78, 5) is 4.07. The number of benzene rings is 1. The van der Waals surface area contributed by atoms with Crippen molar-refractivity contribution in [1.82, 2.24) is 0 Å². The van der Waals surface area contributed by atoms with Gasteiger partial charge in [0.2, 0.25) is 0 Å². The molecular formula is C9H13N3. The lowest BCUT2D eigenvalue weighted by Gasteiger charge is -1.97. The van der Waals surface area contributed by atoms with Gasteiger partial charge in [0, 0.05) is 6.21 Å². The molecule has 0 radical (unpaired) electrons. The second kappa shape index (κ2) is 4.64. The highest BCUT2D eigenvalue weighted by molar-refractivity contribution is 5.79. The third kappa shape index (κ3) is 3.27. The van der Waals surface area contributed by atoms with Crippen LogP contribution in [0.25, 0.3) is 0 Å². The Balaban J connectivity index is 2.47. The van der Waals surface area contributed by atoms with Crippen LogP contribution in [0.5, 0.6) is 0 Å². The van der Waals surface area contributed by atoms with E-state index in [2.05, 4.69) is 4.99 Å². The maximum absolute atomic E-state index is 5.32. The fourth-order valence-corrected chi connectivity index (χ4v) is 0.819. The number of hydrogen-bond donors (Lipinski definition) is 2. The lowest BCUT2D eigenvalue weighted by molar-refractivity contribution is 0.721. The van der Waals surface area contributed by atoms with Gasteiger partial charge in [0.05, 0.1) is 12.7 Å². The molecule has 0 atom stereocenters. The lowest BCUT2D eigenvalue weighted by Crippen LogP contribution is -2.33. The topological polar surface area (TPSA) is 64.4 Å². The Hall–Kier alpha value is -1.19. The van der Waals surface area contributed by atoms with E-state index in [1.165, 1.54) is 0 Å². The van der Waals surface area contributed by atoms with Crippen molar-refractivity contribution in [2.24, 2.45) is 16.5 Å². The molecule has 0 amide bonds. The van der Waals surface area contributed by atoms with Crippen molar-refractivity contribution >= 4 is 6.21 Å². The monoisotopic (exact) mass is 163 g/mol. The van der Waals surface area contributed by atoms with E-state index in [-0.39, 0.29) is 6.17 Å². The highest BCUT2D eigenvalue weighted by Gasteiger charge is 1.88. The summed E-state index contributed by atoms with van der Waals surface area (Å²) < 4.78 is 0. The Bertz CT molecular complexity index is 241. The van der Waals surface area contributed by atoms with Crippen LogP contribution in [-0.4, -0.2) is 18.9 Å². The molecular weight excluding hydrogens is 150 g/mol. The summed E-state index contributed by atoms with van der Waals surface area (Å²) in [5.41, 5.74) is 11.7. The third-order valence-corrected chi connectivity index (χ3v) is 1.36. The predicted molar refractivity (Wildman–Crippen MR) is 51.1 cm³/mol. The zero-order valence-electron chi connectivity index (χ0n) is 6.85. The number of rotatable bonds is 3. The van der Waals surface area contributed by atoms with Crippen LogP contribution in [0.15, 0.2) is 35.3 Å². The van der Waals surface area contributed by atoms with Gasteiger partial charge in [-0.2, -0.15) is 0 Å². The molecule has 0 bridgehead atoms. The molecule has 0 aromatic heterocycles. The molecule has 0 aliphatic rings. The van der Waals surface area contributed by atoms with Crippen LogP contribution in [0.2, 0.25) is 0 Å². The molecule has 1 aromatic carbocycles. The second-order valence-corrected chi connectivity index (χ2v) is 2.57. The van der Waals surface area contributed by atoms with Gasteiger partial charge in [-0.05, 0) is 5.56 Å². The van der Waals surface area contributed by atoms with Crippen LogP contribution in [0, 0.1) is 0 Å². The average molecular weight is 163 g/mol. The van der Waals surface area contributed by atoms with E-state index in [0.29, 0.717) is 6.54 Å². The molecule has 4 N–H and O–H groups in total. The van der Waals surface area contributed by atoms with Gasteiger partial charge in [-0.1, -0.05) is 30.3 Å². The van der Waals surface area contributed by atoms with E-state index < -0.39 is 0 Å². The summed E-state index contributed by atoms with van der Waals surface area (Å²) in [7, 11) is 0. The number of hydrogen-bond acceptors (Lipinski definition) is 3. The van der Waals surface area contributed by atoms with Crippen LogP contribution in [-0.2, 0) is 0 Å². The molecule has 0 unspecified atom stereocenters. The molecule has 3 heteroatoms. The van der Waals surface area contributed by atoms with Gasteiger partial charge in [-0.3, -0.25) is 4.99 Å². The van der Waals surface area contributed by atoms with Crippen LogP contribution >= 0.6 is 0 Å². The molecule has 1 rings (SSSR count). The zero-order chi connectivity index (χ0) is 8.81. The molecule has 64 valence electrons. The number of aliphatic imine (C=N–C) groups is 1. The zero-order valence-corrected chi connectivity index (χ0v) is 6.85. The summed E-state index contributed by atoms with van der Waals surface area (Å²) in [6.45, 7) is 0.467. The minimum atomic E-state index is -0.357. The van der Waals surface area contributed by atoms with Gasteiger partial charge in [-0.15, -0.1) is 0 Å². The van der Waals surface area contributed by atoms with Gasteiger partial charge in [0.1, 0.15) is 0 Å². The molecule has 0 aliphatic heterocycles. The Labute approximate surface area is 72.1 Å². The van der Waals surface area contributed by atoms with Crippen molar-refractivity contribution in [1.29, 1.82) is 0 Å². The van der Waals surface area contributed by atoms with Crippen LogP contribution < -0.4 is 11.5 Å². The average Bonchev–Trinajstić information content (AvgIpc) is 2.05. The van der Waals surface area contributed by atoms with Crippen LogP contribution in [0.1, 0.15) is 5.56 Å². The lowest BCUT2D eigenvalue weighted by atomic mass is 10.2. The Morgan fingerprint density at radius 3 is 2.50 bits per heavy atom. The van der Waals surface area contributed by atoms with Crippen molar-refractivity contribution in [3.8, 4) is 0 Å². The second-order valence-electron chi connectivity index (χ2n) is 2.57. The normalized spacial score (nSPS) is 11.2. The first-order chi connectivity index (χ1) is 5.79. The molecule has 0 heterocycles. The van der Waals surface area contributed by atoms with Gasteiger partial charge in [0.25, 0.3) is 0 Å². The Morgan fingerprint density at radius 2 is 1.92 bits per heavy atom.